The van der Waals surface area contributed by atoms with Gasteiger partial charge in [-0.3, -0.25) is 4.79 Å². The molecule has 1 fully saturated rings. The number of nitrogens with zero attached hydrogens (tertiary/aromatic N) is 3. The fraction of sp³-hybridized carbons (Fsp3) is 0.385. The van der Waals surface area contributed by atoms with Crippen molar-refractivity contribution in [1.82, 2.24) is 14.8 Å². The molecule has 5 nitrogen and oxygen atoms in total. The molecular weight excluding hydrogens is 418 g/mol. The predicted molar refractivity (Wildman–Crippen MR) is 129 cm³/mol. The number of aryl methyl sites for hydroxylation is 2. The molecule has 0 N–H and O–H groups in total. The van der Waals surface area contributed by atoms with Crippen LogP contribution in [0.15, 0.2) is 60.0 Å². The average molecular weight is 450 g/mol. The summed E-state index contributed by atoms with van der Waals surface area (Å²) in [6.07, 6.45) is 3.28. The number of carbonyl (C=O) groups excluding carboxylic acids is 1. The summed E-state index contributed by atoms with van der Waals surface area (Å²) < 4.78 is 5.80. The van der Waals surface area contributed by atoms with Gasteiger partial charge in [-0.15, -0.1) is 11.3 Å². The monoisotopic (exact) mass is 449 g/mol. The Labute approximate surface area is 194 Å². The van der Waals surface area contributed by atoms with Gasteiger partial charge in [0, 0.05) is 30.6 Å². The van der Waals surface area contributed by atoms with E-state index in [0.717, 1.165) is 74.0 Å². The van der Waals surface area contributed by atoms with Crippen molar-refractivity contribution >= 4 is 17.2 Å². The molecule has 1 aromatic heterocycles. The topological polar surface area (TPSA) is 45.7 Å². The molecule has 1 amide bonds. The van der Waals surface area contributed by atoms with Crippen molar-refractivity contribution in [3.63, 3.8) is 0 Å². The molecule has 0 unspecified atom stereocenters. The summed E-state index contributed by atoms with van der Waals surface area (Å²) in [7, 11) is 0. The summed E-state index contributed by atoms with van der Waals surface area (Å²) >= 11 is 1.62. The van der Waals surface area contributed by atoms with E-state index in [4.69, 9.17) is 4.74 Å². The summed E-state index contributed by atoms with van der Waals surface area (Å²) in [6, 6.07) is 18.1. The van der Waals surface area contributed by atoms with Crippen LogP contribution >= 0.6 is 11.3 Å². The predicted octanol–water partition coefficient (Wildman–Crippen LogP) is 4.81. The molecule has 0 spiro atoms. The summed E-state index contributed by atoms with van der Waals surface area (Å²) in [5.74, 6) is 0.866. The molecule has 3 aromatic rings. The Bertz CT molecular complexity index is 988. The molecule has 2 aromatic carbocycles. The summed E-state index contributed by atoms with van der Waals surface area (Å²) in [5.41, 5.74) is 3.05. The van der Waals surface area contributed by atoms with E-state index in [1.54, 1.807) is 11.3 Å². The lowest BCUT2D eigenvalue weighted by atomic mass is 10.1. The van der Waals surface area contributed by atoms with Gasteiger partial charge in [0.15, 0.2) is 0 Å². The largest absolute Gasteiger partial charge is 0.487 e. The SMILES string of the molecule is Cc1nc(COc2ccc(C(=O)N3CCCN(CCCc4ccccc4)CC3)cc2)cs1. The number of amides is 1. The first-order valence-electron chi connectivity index (χ1n) is 11.4. The maximum absolute atomic E-state index is 13.0. The molecule has 6 heteroatoms. The Morgan fingerprint density at radius 2 is 1.84 bits per heavy atom. The number of thiazole rings is 1. The van der Waals surface area contributed by atoms with Gasteiger partial charge >= 0.3 is 0 Å². The zero-order chi connectivity index (χ0) is 22.2. The van der Waals surface area contributed by atoms with Crippen molar-refractivity contribution in [3.8, 4) is 5.75 Å². The second-order valence-corrected chi connectivity index (χ2v) is 9.31. The number of carbonyl (C=O) groups is 1. The average Bonchev–Trinajstić information content (AvgIpc) is 3.10. The van der Waals surface area contributed by atoms with E-state index in [2.05, 4.69) is 40.2 Å². The Hall–Kier alpha value is -2.70. The third-order valence-electron chi connectivity index (χ3n) is 5.81. The normalized spacial score (nSPS) is 14.8. The highest BCUT2D eigenvalue weighted by Gasteiger charge is 2.20. The van der Waals surface area contributed by atoms with Gasteiger partial charge in [-0.25, -0.2) is 4.98 Å². The number of benzene rings is 2. The minimum Gasteiger partial charge on any atom is -0.487 e. The number of aromatic nitrogens is 1. The standard InChI is InChI=1S/C26H31N3O2S/c1-21-27-24(20-32-21)19-31-25-12-10-23(11-13-25)26(30)29-16-6-15-28(17-18-29)14-5-9-22-7-3-2-4-8-22/h2-4,7-8,10-13,20H,5-6,9,14-19H2,1H3. The minimum atomic E-state index is 0.109. The third-order valence-corrected chi connectivity index (χ3v) is 6.64. The van der Waals surface area contributed by atoms with Crippen LogP contribution in [0.25, 0.3) is 0 Å². The smallest absolute Gasteiger partial charge is 0.253 e. The first-order chi connectivity index (χ1) is 15.7. The maximum Gasteiger partial charge on any atom is 0.253 e. The zero-order valence-electron chi connectivity index (χ0n) is 18.7. The van der Waals surface area contributed by atoms with E-state index in [-0.39, 0.29) is 5.91 Å². The lowest BCUT2D eigenvalue weighted by Gasteiger charge is -2.22. The molecule has 4 rings (SSSR count). The summed E-state index contributed by atoms with van der Waals surface area (Å²) in [6.45, 7) is 7.12. The van der Waals surface area contributed by atoms with Gasteiger partial charge in [0.25, 0.3) is 5.91 Å². The van der Waals surface area contributed by atoms with Crippen LogP contribution in [0.3, 0.4) is 0 Å². The van der Waals surface area contributed by atoms with Crippen LogP contribution in [-0.2, 0) is 13.0 Å². The number of hydrogen-bond donors (Lipinski definition) is 0. The van der Waals surface area contributed by atoms with E-state index >= 15 is 0 Å². The third kappa shape index (κ3) is 6.40. The van der Waals surface area contributed by atoms with E-state index in [9.17, 15) is 4.79 Å². The second kappa shape index (κ2) is 11.2. The van der Waals surface area contributed by atoms with Gasteiger partial charge in [0.1, 0.15) is 12.4 Å². The van der Waals surface area contributed by atoms with Gasteiger partial charge < -0.3 is 14.5 Å². The molecule has 2 heterocycles. The van der Waals surface area contributed by atoms with Crippen molar-refractivity contribution in [2.75, 3.05) is 32.7 Å². The van der Waals surface area contributed by atoms with E-state index < -0.39 is 0 Å². The van der Waals surface area contributed by atoms with Gasteiger partial charge in [-0.1, -0.05) is 30.3 Å². The van der Waals surface area contributed by atoms with Gasteiger partial charge in [0.05, 0.1) is 10.7 Å². The van der Waals surface area contributed by atoms with Crippen molar-refractivity contribution in [1.29, 1.82) is 0 Å². The summed E-state index contributed by atoms with van der Waals surface area (Å²) in [4.78, 5) is 21.9. The van der Waals surface area contributed by atoms with E-state index in [0.29, 0.717) is 6.61 Å². The van der Waals surface area contributed by atoms with Crippen LogP contribution in [0.5, 0.6) is 5.75 Å². The molecule has 1 aliphatic heterocycles. The van der Waals surface area contributed by atoms with Crippen molar-refractivity contribution in [2.24, 2.45) is 0 Å². The van der Waals surface area contributed by atoms with Crippen LogP contribution in [0, 0.1) is 6.92 Å². The van der Waals surface area contributed by atoms with Crippen LogP contribution in [0.4, 0.5) is 0 Å². The number of ether oxygens (including phenoxy) is 1. The van der Waals surface area contributed by atoms with Gasteiger partial charge in [-0.2, -0.15) is 0 Å². The minimum absolute atomic E-state index is 0.109. The molecule has 0 saturated carbocycles. The van der Waals surface area contributed by atoms with Crippen molar-refractivity contribution in [2.45, 2.75) is 32.8 Å². The lowest BCUT2D eigenvalue weighted by Crippen LogP contribution is -2.35. The molecule has 32 heavy (non-hydrogen) atoms. The molecule has 1 aliphatic rings. The maximum atomic E-state index is 13.0. The quantitative estimate of drug-likeness (QED) is 0.495. The molecule has 0 aliphatic carbocycles. The molecular formula is C26H31N3O2S. The van der Waals surface area contributed by atoms with Crippen LogP contribution in [0.1, 0.15) is 39.5 Å². The Morgan fingerprint density at radius 1 is 1.03 bits per heavy atom. The van der Waals surface area contributed by atoms with Crippen LogP contribution in [-0.4, -0.2) is 53.4 Å². The first-order valence-corrected chi connectivity index (χ1v) is 12.2. The van der Waals surface area contributed by atoms with E-state index in [1.165, 1.54) is 5.56 Å². The Morgan fingerprint density at radius 3 is 2.59 bits per heavy atom. The molecule has 0 atom stereocenters. The molecule has 0 radical (unpaired) electrons. The van der Waals surface area contributed by atoms with Crippen LogP contribution in [0.2, 0.25) is 0 Å². The highest BCUT2D eigenvalue weighted by Crippen LogP contribution is 2.17. The molecule has 1 saturated heterocycles. The fourth-order valence-corrected chi connectivity index (χ4v) is 4.65. The second-order valence-electron chi connectivity index (χ2n) is 8.25. The molecule has 168 valence electrons. The van der Waals surface area contributed by atoms with Crippen molar-refractivity contribution in [3.05, 3.63) is 81.8 Å². The first kappa shape index (κ1) is 22.5. The van der Waals surface area contributed by atoms with Crippen LogP contribution < -0.4 is 4.74 Å². The fourth-order valence-electron chi connectivity index (χ4n) is 4.06. The molecule has 0 bridgehead atoms. The zero-order valence-corrected chi connectivity index (χ0v) is 19.5. The Balaban J connectivity index is 1.23. The Kier molecular flexibility index (Phi) is 7.91. The number of rotatable bonds is 8. The number of hydrogen-bond acceptors (Lipinski definition) is 5. The van der Waals surface area contributed by atoms with Gasteiger partial charge in [-0.05, 0) is 69.1 Å². The van der Waals surface area contributed by atoms with Gasteiger partial charge in [0.2, 0.25) is 0 Å². The lowest BCUT2D eigenvalue weighted by molar-refractivity contribution is 0.0761. The highest BCUT2D eigenvalue weighted by molar-refractivity contribution is 7.09. The summed E-state index contributed by atoms with van der Waals surface area (Å²) in [5, 5.41) is 3.05. The van der Waals surface area contributed by atoms with E-state index in [1.807, 2.05) is 41.5 Å². The highest BCUT2D eigenvalue weighted by atomic mass is 32.1. The van der Waals surface area contributed by atoms with Crippen molar-refractivity contribution < 1.29 is 9.53 Å².